The van der Waals surface area contributed by atoms with Crippen LogP contribution in [0.5, 0.6) is 5.75 Å². The molecule has 0 spiro atoms. The number of ether oxygens (including phenoxy) is 1. The number of carbonyl (C=O) groups excluding carboxylic acids is 1. The van der Waals surface area contributed by atoms with Crippen LogP contribution >= 0.6 is 11.6 Å². The Balaban J connectivity index is 2.35. The number of nitrogens with zero attached hydrogens (tertiary/aromatic N) is 1. The van der Waals surface area contributed by atoms with Gasteiger partial charge in [-0.05, 0) is 30.7 Å². The quantitative estimate of drug-likeness (QED) is 0.735. The van der Waals surface area contributed by atoms with Crippen LogP contribution in [0.4, 0.5) is 0 Å². The van der Waals surface area contributed by atoms with E-state index < -0.39 is 0 Å². The summed E-state index contributed by atoms with van der Waals surface area (Å²) in [6.45, 7) is 1.97. The number of carbonyl (C=O) groups is 1. The molecular weight excluding hydrogens is 310 g/mol. The van der Waals surface area contributed by atoms with E-state index >= 15 is 0 Å². The van der Waals surface area contributed by atoms with Gasteiger partial charge in [-0.15, -0.1) is 0 Å². The molecule has 0 amide bonds. The second-order valence-corrected chi connectivity index (χ2v) is 5.91. The number of allylic oxidation sites excluding steroid dienone is 1. The first-order valence-corrected chi connectivity index (χ1v) is 7.71. The van der Waals surface area contributed by atoms with Crippen molar-refractivity contribution in [3.8, 4) is 5.75 Å². The van der Waals surface area contributed by atoms with Gasteiger partial charge in [0.25, 0.3) is 0 Å². The molecule has 0 saturated carbocycles. The lowest BCUT2D eigenvalue weighted by Gasteiger charge is -2.15. The molecule has 0 atom stereocenters. The third-order valence-electron chi connectivity index (χ3n) is 3.24. The predicted molar refractivity (Wildman–Crippen MR) is 94.6 cm³/mol. The number of benzene rings is 2. The summed E-state index contributed by atoms with van der Waals surface area (Å²) in [5, 5.41) is 0.568. The van der Waals surface area contributed by atoms with Crippen molar-refractivity contribution < 1.29 is 9.53 Å². The van der Waals surface area contributed by atoms with Crippen molar-refractivity contribution >= 4 is 23.0 Å². The summed E-state index contributed by atoms with van der Waals surface area (Å²) in [5.74, 6) is 0.604. The molecule has 120 valence electrons. The first-order chi connectivity index (χ1) is 11.0. The minimum atomic E-state index is -0.0365. The van der Waals surface area contributed by atoms with Crippen LogP contribution < -0.4 is 4.74 Å². The summed E-state index contributed by atoms with van der Waals surface area (Å²) in [6.07, 6.45) is 1.78. The zero-order valence-electron chi connectivity index (χ0n) is 13.5. The van der Waals surface area contributed by atoms with Gasteiger partial charge in [-0.25, -0.2) is 0 Å². The highest BCUT2D eigenvalue weighted by atomic mass is 35.5. The molecule has 2 aromatic rings. The minimum Gasteiger partial charge on any atom is -0.488 e. The fourth-order valence-corrected chi connectivity index (χ4v) is 2.35. The first kappa shape index (κ1) is 17.1. The first-order valence-electron chi connectivity index (χ1n) is 7.33. The lowest BCUT2D eigenvalue weighted by molar-refractivity contribution is -0.111. The van der Waals surface area contributed by atoms with Crippen molar-refractivity contribution in [2.75, 3.05) is 14.1 Å². The van der Waals surface area contributed by atoms with E-state index in [0.29, 0.717) is 28.5 Å². The van der Waals surface area contributed by atoms with Gasteiger partial charge in [-0.3, -0.25) is 4.79 Å². The summed E-state index contributed by atoms with van der Waals surface area (Å²) < 4.78 is 5.92. The van der Waals surface area contributed by atoms with Crippen LogP contribution in [-0.2, 0) is 11.4 Å². The topological polar surface area (TPSA) is 29.5 Å². The SMILES string of the molecule is CC(=O)/C(=C\N(C)C)c1cc(Cl)ccc1OCc1ccccc1. The van der Waals surface area contributed by atoms with Crippen LogP contribution in [0.15, 0.2) is 54.7 Å². The van der Waals surface area contributed by atoms with Crippen LogP contribution in [0.1, 0.15) is 18.1 Å². The highest BCUT2D eigenvalue weighted by Gasteiger charge is 2.14. The van der Waals surface area contributed by atoms with Crippen molar-refractivity contribution in [2.24, 2.45) is 0 Å². The molecule has 0 N–H and O–H groups in total. The van der Waals surface area contributed by atoms with E-state index in [-0.39, 0.29) is 5.78 Å². The average molecular weight is 330 g/mol. The van der Waals surface area contributed by atoms with Gasteiger partial charge in [-0.2, -0.15) is 0 Å². The molecular formula is C19H20ClNO2. The molecule has 23 heavy (non-hydrogen) atoms. The van der Waals surface area contributed by atoms with Gasteiger partial charge >= 0.3 is 0 Å². The average Bonchev–Trinajstić information content (AvgIpc) is 2.52. The molecule has 0 aliphatic carbocycles. The van der Waals surface area contributed by atoms with E-state index in [4.69, 9.17) is 16.3 Å². The van der Waals surface area contributed by atoms with Crippen molar-refractivity contribution in [1.82, 2.24) is 4.90 Å². The van der Waals surface area contributed by atoms with E-state index in [9.17, 15) is 4.79 Å². The van der Waals surface area contributed by atoms with E-state index in [1.165, 1.54) is 6.92 Å². The van der Waals surface area contributed by atoms with Gasteiger partial charge in [0, 0.05) is 36.5 Å². The summed E-state index contributed by atoms with van der Waals surface area (Å²) in [7, 11) is 3.75. The maximum Gasteiger partial charge on any atom is 0.162 e. The number of hydrogen-bond donors (Lipinski definition) is 0. The van der Waals surface area contributed by atoms with Gasteiger partial charge in [0.2, 0.25) is 0 Å². The van der Waals surface area contributed by atoms with Gasteiger partial charge in [0.1, 0.15) is 12.4 Å². The van der Waals surface area contributed by atoms with Gasteiger partial charge in [0.05, 0.1) is 0 Å². The molecule has 0 radical (unpaired) electrons. The van der Waals surface area contributed by atoms with Gasteiger partial charge in [-0.1, -0.05) is 41.9 Å². The Bertz CT molecular complexity index is 709. The fourth-order valence-electron chi connectivity index (χ4n) is 2.18. The smallest absolute Gasteiger partial charge is 0.162 e. The Morgan fingerprint density at radius 3 is 2.48 bits per heavy atom. The summed E-state index contributed by atoms with van der Waals surface area (Å²) in [4.78, 5) is 13.9. The maximum absolute atomic E-state index is 12.0. The van der Waals surface area contributed by atoms with Crippen molar-refractivity contribution in [2.45, 2.75) is 13.5 Å². The summed E-state index contributed by atoms with van der Waals surface area (Å²) in [6, 6.07) is 15.2. The van der Waals surface area contributed by atoms with Crippen LogP contribution in [0.2, 0.25) is 5.02 Å². The number of rotatable bonds is 6. The Labute approximate surface area is 142 Å². The lowest BCUT2D eigenvalue weighted by atomic mass is 10.0. The van der Waals surface area contributed by atoms with E-state index in [1.54, 1.807) is 24.4 Å². The summed E-state index contributed by atoms with van der Waals surface area (Å²) >= 11 is 6.11. The molecule has 3 nitrogen and oxygen atoms in total. The monoisotopic (exact) mass is 329 g/mol. The molecule has 0 aliphatic heterocycles. The molecule has 0 fully saturated rings. The van der Waals surface area contributed by atoms with Crippen molar-refractivity contribution in [1.29, 1.82) is 0 Å². The minimum absolute atomic E-state index is 0.0365. The lowest BCUT2D eigenvalue weighted by Crippen LogP contribution is -2.08. The molecule has 0 unspecified atom stereocenters. The van der Waals surface area contributed by atoms with Crippen molar-refractivity contribution in [3.63, 3.8) is 0 Å². The van der Waals surface area contributed by atoms with E-state index in [2.05, 4.69) is 0 Å². The van der Waals surface area contributed by atoms with Gasteiger partial charge in [0.15, 0.2) is 5.78 Å². The zero-order valence-corrected chi connectivity index (χ0v) is 14.3. The molecule has 2 aromatic carbocycles. The van der Waals surface area contributed by atoms with Gasteiger partial charge < -0.3 is 9.64 Å². The standard InChI is InChI=1S/C19H20ClNO2/c1-14(22)18(12-21(2)3)17-11-16(20)9-10-19(17)23-13-15-7-5-4-6-8-15/h4-12H,13H2,1-3H3/b18-12+. The largest absolute Gasteiger partial charge is 0.488 e. The molecule has 2 rings (SSSR count). The second kappa shape index (κ2) is 7.84. The van der Waals surface area contributed by atoms with E-state index in [0.717, 1.165) is 5.56 Å². The molecule has 0 aromatic heterocycles. The summed E-state index contributed by atoms with van der Waals surface area (Å²) in [5.41, 5.74) is 2.34. The third-order valence-corrected chi connectivity index (χ3v) is 3.47. The van der Waals surface area contributed by atoms with Crippen LogP contribution in [-0.4, -0.2) is 24.8 Å². The van der Waals surface area contributed by atoms with Crippen molar-refractivity contribution in [3.05, 3.63) is 70.9 Å². The highest BCUT2D eigenvalue weighted by Crippen LogP contribution is 2.30. The molecule has 0 heterocycles. The molecule has 0 saturated heterocycles. The second-order valence-electron chi connectivity index (χ2n) is 5.48. The predicted octanol–water partition coefficient (Wildman–Crippen LogP) is 4.41. The highest BCUT2D eigenvalue weighted by molar-refractivity contribution is 6.31. The Morgan fingerprint density at radius 2 is 1.87 bits per heavy atom. The normalized spacial score (nSPS) is 11.2. The Hall–Kier alpha value is -2.26. The number of ketones is 1. The third kappa shape index (κ3) is 4.86. The fraction of sp³-hybridized carbons (Fsp3) is 0.211. The Morgan fingerprint density at radius 1 is 1.17 bits per heavy atom. The maximum atomic E-state index is 12.0. The molecule has 0 bridgehead atoms. The van der Waals surface area contributed by atoms with Crippen LogP contribution in [0.3, 0.4) is 0 Å². The zero-order chi connectivity index (χ0) is 16.8. The van der Waals surface area contributed by atoms with Crippen LogP contribution in [0, 0.1) is 0 Å². The molecule has 0 aliphatic rings. The number of halogens is 1. The Kier molecular flexibility index (Phi) is 5.83. The molecule has 4 heteroatoms. The number of hydrogen-bond acceptors (Lipinski definition) is 3. The van der Waals surface area contributed by atoms with Crippen LogP contribution in [0.25, 0.3) is 5.57 Å². The van der Waals surface area contributed by atoms with E-state index in [1.807, 2.05) is 49.3 Å². The number of Topliss-reactive ketones (excluding diaryl/α,β-unsaturated/α-hetero) is 1.